The molecule has 0 fully saturated rings. The highest BCUT2D eigenvalue weighted by atomic mass is 79.9. The molecule has 0 aromatic heterocycles. The Kier molecular flexibility index (Phi) is 2.61. The molecule has 0 amide bonds. The van der Waals surface area contributed by atoms with E-state index in [1.165, 1.54) is 6.07 Å². The lowest BCUT2D eigenvalue weighted by Gasteiger charge is -2.04. The molecule has 0 atom stereocenters. The Balaban J connectivity index is 3.23. The molecular formula is C6H6BBrO4. The summed E-state index contributed by atoms with van der Waals surface area (Å²) < 4.78 is 0.296. The Bertz CT molecular complexity index is 302. The summed E-state index contributed by atoms with van der Waals surface area (Å²) in [4.78, 5) is 0. The summed E-state index contributed by atoms with van der Waals surface area (Å²) in [6, 6.07) is 2.26. The third-order valence-corrected chi connectivity index (χ3v) is 2.01. The van der Waals surface area contributed by atoms with E-state index < -0.39 is 7.12 Å². The van der Waals surface area contributed by atoms with Crippen molar-refractivity contribution in [3.63, 3.8) is 0 Å². The van der Waals surface area contributed by atoms with Gasteiger partial charge in [-0.1, -0.05) is 0 Å². The molecule has 0 radical (unpaired) electrons. The third-order valence-electron chi connectivity index (χ3n) is 1.37. The second-order valence-electron chi connectivity index (χ2n) is 2.24. The number of aromatic hydroxyl groups is 2. The molecule has 0 saturated heterocycles. The molecule has 0 heterocycles. The largest absolute Gasteiger partial charge is 0.508 e. The van der Waals surface area contributed by atoms with Crippen LogP contribution in [0.4, 0.5) is 0 Å². The highest BCUT2D eigenvalue weighted by Gasteiger charge is 2.17. The number of phenolic OH excluding ortho intramolecular Hbond substituents is 2. The topological polar surface area (TPSA) is 80.9 Å². The first-order chi connectivity index (χ1) is 5.52. The number of rotatable bonds is 1. The predicted octanol–water partition coefficient (Wildman–Crippen LogP) is -0.460. The van der Waals surface area contributed by atoms with Crippen LogP contribution in [0.1, 0.15) is 0 Å². The maximum absolute atomic E-state index is 9.13. The van der Waals surface area contributed by atoms with E-state index in [-0.39, 0.29) is 17.0 Å². The standard InChI is InChI=1S/C6H6BBrO4/c8-4-2-5(9)3(7(11)12)1-6(4)10/h1-2,9-12H. The Morgan fingerprint density at radius 2 is 1.67 bits per heavy atom. The maximum Gasteiger partial charge on any atom is 0.492 e. The van der Waals surface area contributed by atoms with Gasteiger partial charge >= 0.3 is 7.12 Å². The molecule has 1 aromatic rings. The first-order valence-corrected chi connectivity index (χ1v) is 3.89. The molecule has 4 N–H and O–H groups in total. The van der Waals surface area contributed by atoms with Crippen molar-refractivity contribution in [2.75, 3.05) is 0 Å². The number of hydrogen-bond donors (Lipinski definition) is 4. The molecule has 0 unspecified atom stereocenters. The van der Waals surface area contributed by atoms with Crippen molar-refractivity contribution in [3.05, 3.63) is 16.6 Å². The summed E-state index contributed by atoms with van der Waals surface area (Å²) in [5, 5.41) is 35.6. The van der Waals surface area contributed by atoms with E-state index in [4.69, 9.17) is 20.3 Å². The minimum absolute atomic E-state index is 0.129. The van der Waals surface area contributed by atoms with E-state index in [0.717, 1.165) is 6.07 Å². The summed E-state index contributed by atoms with van der Waals surface area (Å²) in [5.41, 5.74) is -0.129. The lowest BCUT2D eigenvalue weighted by Crippen LogP contribution is -2.29. The van der Waals surface area contributed by atoms with E-state index in [9.17, 15) is 0 Å². The molecule has 4 nitrogen and oxygen atoms in total. The van der Waals surface area contributed by atoms with Crippen LogP contribution < -0.4 is 5.46 Å². The monoisotopic (exact) mass is 232 g/mol. The molecular weight excluding hydrogens is 227 g/mol. The second-order valence-corrected chi connectivity index (χ2v) is 3.09. The first-order valence-electron chi connectivity index (χ1n) is 3.10. The molecule has 1 rings (SSSR count). The predicted molar refractivity (Wildman–Crippen MR) is 47.3 cm³/mol. The molecule has 0 aliphatic rings. The molecule has 0 spiro atoms. The molecule has 0 bridgehead atoms. The summed E-state index contributed by atoms with van der Waals surface area (Å²) in [6.45, 7) is 0. The SMILES string of the molecule is OB(O)c1cc(O)c(Br)cc1O. The van der Waals surface area contributed by atoms with Gasteiger partial charge in [-0.3, -0.25) is 0 Å². The Hall–Kier alpha value is -0.715. The van der Waals surface area contributed by atoms with Gasteiger partial charge in [0.1, 0.15) is 11.5 Å². The van der Waals surface area contributed by atoms with Crippen LogP contribution in [-0.2, 0) is 0 Å². The fourth-order valence-electron chi connectivity index (χ4n) is 0.774. The van der Waals surface area contributed by atoms with Gasteiger partial charge in [-0.25, -0.2) is 0 Å². The molecule has 0 aliphatic carbocycles. The van der Waals surface area contributed by atoms with Crippen LogP contribution in [0.25, 0.3) is 0 Å². The highest BCUT2D eigenvalue weighted by molar-refractivity contribution is 9.10. The lowest BCUT2D eigenvalue weighted by atomic mass is 9.79. The van der Waals surface area contributed by atoms with Gasteiger partial charge in [0.2, 0.25) is 0 Å². The Labute approximate surface area is 77.4 Å². The molecule has 12 heavy (non-hydrogen) atoms. The minimum atomic E-state index is -1.79. The lowest BCUT2D eigenvalue weighted by molar-refractivity contribution is 0.417. The molecule has 0 saturated carbocycles. The number of hydrogen-bond acceptors (Lipinski definition) is 4. The number of benzene rings is 1. The summed E-state index contributed by atoms with van der Waals surface area (Å²) in [6.07, 6.45) is 0. The van der Waals surface area contributed by atoms with Gasteiger partial charge in [-0.15, -0.1) is 0 Å². The molecule has 6 heteroatoms. The van der Waals surface area contributed by atoms with Crippen LogP contribution in [-0.4, -0.2) is 27.4 Å². The quantitative estimate of drug-likeness (QED) is 0.390. The zero-order valence-electron chi connectivity index (χ0n) is 5.90. The molecule has 64 valence electrons. The van der Waals surface area contributed by atoms with Crippen molar-refractivity contribution >= 4 is 28.5 Å². The second kappa shape index (κ2) is 3.34. The van der Waals surface area contributed by atoms with E-state index >= 15 is 0 Å². The number of halogens is 1. The van der Waals surface area contributed by atoms with Gasteiger partial charge in [0.05, 0.1) is 4.47 Å². The van der Waals surface area contributed by atoms with Gasteiger partial charge in [-0.2, -0.15) is 0 Å². The van der Waals surface area contributed by atoms with E-state index in [2.05, 4.69) is 15.9 Å². The van der Waals surface area contributed by atoms with E-state index in [1.54, 1.807) is 0 Å². The molecule has 0 aliphatic heterocycles. The average molecular weight is 233 g/mol. The van der Waals surface area contributed by atoms with Gasteiger partial charge in [0, 0.05) is 5.46 Å². The fourth-order valence-corrected chi connectivity index (χ4v) is 1.11. The van der Waals surface area contributed by atoms with Crippen LogP contribution in [0.5, 0.6) is 11.5 Å². The average Bonchev–Trinajstić information content (AvgIpc) is 1.96. The Morgan fingerprint density at radius 3 is 2.17 bits per heavy atom. The van der Waals surface area contributed by atoms with Crippen LogP contribution >= 0.6 is 15.9 Å². The summed E-state index contributed by atoms with van der Waals surface area (Å²) in [5.74, 6) is -0.439. The van der Waals surface area contributed by atoms with Gasteiger partial charge in [0.25, 0.3) is 0 Å². The zero-order chi connectivity index (χ0) is 9.30. The van der Waals surface area contributed by atoms with Crippen molar-refractivity contribution in [1.29, 1.82) is 0 Å². The fraction of sp³-hybridized carbons (Fsp3) is 0. The van der Waals surface area contributed by atoms with Gasteiger partial charge in [0.15, 0.2) is 0 Å². The summed E-state index contributed by atoms with van der Waals surface area (Å²) >= 11 is 2.96. The highest BCUT2D eigenvalue weighted by Crippen LogP contribution is 2.25. The van der Waals surface area contributed by atoms with Crippen molar-refractivity contribution in [2.24, 2.45) is 0 Å². The van der Waals surface area contributed by atoms with Crippen molar-refractivity contribution < 1.29 is 20.3 Å². The van der Waals surface area contributed by atoms with Crippen LogP contribution in [0.15, 0.2) is 16.6 Å². The normalized spacial score (nSPS) is 9.92. The summed E-state index contributed by atoms with van der Waals surface area (Å²) in [7, 11) is -1.79. The van der Waals surface area contributed by atoms with Crippen molar-refractivity contribution in [1.82, 2.24) is 0 Å². The van der Waals surface area contributed by atoms with Crippen molar-refractivity contribution in [2.45, 2.75) is 0 Å². The number of phenols is 2. The van der Waals surface area contributed by atoms with E-state index in [0.29, 0.717) is 4.47 Å². The minimum Gasteiger partial charge on any atom is -0.508 e. The van der Waals surface area contributed by atoms with Gasteiger partial charge < -0.3 is 20.3 Å². The smallest absolute Gasteiger partial charge is 0.492 e. The third kappa shape index (κ3) is 1.71. The van der Waals surface area contributed by atoms with Crippen molar-refractivity contribution in [3.8, 4) is 11.5 Å². The first kappa shape index (κ1) is 9.37. The maximum atomic E-state index is 9.13. The van der Waals surface area contributed by atoms with Crippen LogP contribution in [0.3, 0.4) is 0 Å². The van der Waals surface area contributed by atoms with Crippen LogP contribution in [0.2, 0.25) is 0 Å². The zero-order valence-corrected chi connectivity index (χ0v) is 7.48. The van der Waals surface area contributed by atoms with Crippen LogP contribution in [0, 0.1) is 0 Å². The van der Waals surface area contributed by atoms with E-state index in [1.807, 2.05) is 0 Å². The Morgan fingerprint density at radius 1 is 1.08 bits per heavy atom. The molecule has 1 aromatic carbocycles. The van der Waals surface area contributed by atoms with Gasteiger partial charge in [-0.05, 0) is 28.1 Å².